The van der Waals surface area contributed by atoms with Gasteiger partial charge in [0.25, 0.3) is 0 Å². The van der Waals surface area contributed by atoms with Gasteiger partial charge in [-0.3, -0.25) is 43.6 Å². The Kier molecular flexibility index (Phi) is 31.1. The van der Waals surface area contributed by atoms with Crippen LogP contribution >= 0.6 is 0 Å². The van der Waals surface area contributed by atoms with Gasteiger partial charge in [-0.2, -0.15) is 13.2 Å². The number of aromatic amines is 4. The van der Waals surface area contributed by atoms with Crippen molar-refractivity contribution in [2.45, 2.75) is 221 Å². The highest BCUT2D eigenvalue weighted by molar-refractivity contribution is 5.88. The summed E-state index contributed by atoms with van der Waals surface area (Å²) in [5, 5.41) is 4.40. The molecule has 8 aliphatic heterocycles. The summed E-state index contributed by atoms with van der Waals surface area (Å²) in [4.78, 5) is 31.0. The van der Waals surface area contributed by atoms with Gasteiger partial charge in [0, 0.05) is 248 Å². The Morgan fingerprint density at radius 1 is 0.368 bits per heavy atom. The van der Waals surface area contributed by atoms with Crippen LogP contribution in [-0.2, 0) is 25.7 Å². The van der Waals surface area contributed by atoms with Gasteiger partial charge in [0.2, 0.25) is 0 Å². The lowest BCUT2D eigenvalue weighted by atomic mass is 9.69. The average Bonchev–Trinajstić information content (AvgIpc) is 1.54. The van der Waals surface area contributed by atoms with E-state index in [-0.39, 0.29) is 83.1 Å². The number of fused-ring (bicyclic) bond motifs is 12. The molecule has 21 rings (SSSR count). The minimum absolute atomic E-state index is 0.0319. The minimum Gasteiger partial charge on any atom is -0.492 e. The van der Waals surface area contributed by atoms with E-state index in [0.717, 1.165) is 208 Å². The number of para-hydroxylation sites is 4. The number of H-pyrrole nitrogens is 4. The Hall–Kier alpha value is -9.97. The second-order valence-electron chi connectivity index (χ2n) is 45.4. The summed E-state index contributed by atoms with van der Waals surface area (Å²) < 4.78 is 186. The molecule has 0 bridgehead atoms. The summed E-state index contributed by atoms with van der Waals surface area (Å²) in [5.74, 6) is -1.20. The summed E-state index contributed by atoms with van der Waals surface area (Å²) in [6.07, 6.45) is 5.42. The first-order valence-electron chi connectivity index (χ1n) is 52.5. The van der Waals surface area contributed by atoms with Crippen LogP contribution in [0.25, 0.3) is 43.6 Å². The summed E-state index contributed by atoms with van der Waals surface area (Å²) in [5.41, 5.74) is 11.9. The molecule has 12 aromatic rings. The Morgan fingerprint density at radius 3 is 1.00 bits per heavy atom. The van der Waals surface area contributed by atoms with Crippen molar-refractivity contribution in [3.63, 3.8) is 0 Å². The molecule has 1 unspecified atom stereocenters. The van der Waals surface area contributed by atoms with Crippen molar-refractivity contribution in [3.8, 4) is 23.0 Å². The van der Waals surface area contributed by atoms with Crippen LogP contribution in [0.15, 0.2) is 158 Å². The number of ether oxygens (including phenoxy) is 4. The fourth-order valence-corrected chi connectivity index (χ4v) is 24.1. The van der Waals surface area contributed by atoms with Crippen LogP contribution in [0.2, 0.25) is 0 Å². The first-order chi connectivity index (χ1) is 68.8. The van der Waals surface area contributed by atoms with Crippen molar-refractivity contribution in [1.29, 1.82) is 0 Å². The molecule has 774 valence electrons. The second-order valence-corrected chi connectivity index (χ2v) is 45.4. The lowest BCUT2D eigenvalue weighted by molar-refractivity contribution is -0.155. The number of aromatic nitrogens is 4. The second kappa shape index (κ2) is 43.1. The van der Waals surface area contributed by atoms with Crippen LogP contribution in [0.3, 0.4) is 0 Å². The summed E-state index contributed by atoms with van der Waals surface area (Å²) in [7, 11) is 0. The molecule has 4 N–H and O–H groups in total. The van der Waals surface area contributed by atoms with Crippen LogP contribution in [0.4, 0.5) is 48.3 Å². The maximum atomic E-state index is 15.9. The first-order valence-corrected chi connectivity index (χ1v) is 52.5. The quantitative estimate of drug-likeness (QED) is 0.0320. The molecule has 27 heteroatoms. The van der Waals surface area contributed by atoms with Crippen molar-refractivity contribution >= 4 is 43.6 Å². The summed E-state index contributed by atoms with van der Waals surface area (Å²) >= 11 is 0. The number of nitrogens with zero attached hydrogens (tertiary/aromatic N) is 8. The highest BCUT2D eigenvalue weighted by atomic mass is 19.4. The summed E-state index contributed by atoms with van der Waals surface area (Å²) in [6, 6.07) is 45.9. The molecule has 16 nitrogen and oxygen atoms in total. The van der Waals surface area contributed by atoms with E-state index in [1.165, 1.54) is 84.2 Å². The van der Waals surface area contributed by atoms with Gasteiger partial charge in [-0.15, -0.1) is 0 Å². The van der Waals surface area contributed by atoms with Gasteiger partial charge >= 0.3 is 6.18 Å². The number of benzene rings is 8. The number of likely N-dealkylation sites (tertiary alicyclic amines) is 4. The zero-order chi connectivity index (χ0) is 102. The van der Waals surface area contributed by atoms with Gasteiger partial charge in [-0.25, -0.2) is 30.7 Å². The SMILES string of the molecule is CCC1(C)CN(CCOc2cc(F)c([C@@H]3c4[nH]c5ccccc5c4C[C@@H](C)N3CC(C)(C)F)c(F)c2)C1.CCC1CN(CCOc2cc(F)c([C@@H]3c4[nH]c5ccccc5c4C[C@@H](C)N3CC(F)(F)F)c(F)c2)C1.CCC1CN(CCOc2cc(F)c([C@@H]3c4[nH]c5ccccc5c4C[C@@H](C)N3CC3(C)CCC3)c(F)c2)C1.C[C@@H]1Cc2c([nH]c3ccccc23)C(c2ccc(OCCN3CC(CF)C3)cc2)N1CC(C)(C)C. The summed E-state index contributed by atoms with van der Waals surface area (Å²) in [6.45, 7) is 42.4. The lowest BCUT2D eigenvalue weighted by Crippen LogP contribution is -2.55. The van der Waals surface area contributed by atoms with E-state index in [1.807, 2.05) is 72.5 Å². The standard InChI is InChI=1S/C31H39F2N3O.C30H38F3N3O.C29H38FN3O.C27H30F5N3O/c1-4-21-17-35(18-21)12-13-37-22-15-25(32)28(26(33)16-22)30-29-24(23-8-5-6-9-27(23)34-29)14-20(2)36(30)19-31(3)10-7-11-31;1-6-30(5)17-35(18-30)11-12-37-20-14-23(31)26(24(32)15-20)28-27-22(21-9-7-8-10-25(21)34-27)13-19(2)36(28)16-29(3,4)33;1-20-15-25-24-7-5-6-8-26(24)31-27(25)28(33(20)19-29(2,3)4)22-9-11-23(12-10-22)34-14-13-32-17-21(16-30)18-32;1-3-17-13-34(14-17)8-9-36-18-11-21(28)24(22(29)12-18)26-25-20(19-6-4-5-7-23(19)33-25)10-16(2)35(26)15-27(30,31)32/h5-6,8-9,15-16,20-21,30,34H,4,7,10-14,17-19H2,1-3H3;7-10,14-15,19,28,34H,6,11-13,16-18H2,1-5H3;5-12,20-21,28,31H,13-19H2,1-4H3;4-7,11-12,16-17,26,33H,3,8-10,13-15H2,1-2H3/t20-,30-;19-,28-;20-,28?;16-,26-/m1111/s1. The Morgan fingerprint density at radius 2 is 0.681 bits per heavy atom. The molecule has 144 heavy (non-hydrogen) atoms. The number of alkyl halides is 5. The van der Waals surface area contributed by atoms with Crippen molar-refractivity contribution < 1.29 is 67.2 Å². The highest BCUT2D eigenvalue weighted by Crippen LogP contribution is 2.52. The molecular weight excluding hydrogens is 1850 g/mol. The van der Waals surface area contributed by atoms with Crippen LogP contribution in [0.5, 0.6) is 23.0 Å². The number of rotatable bonds is 30. The van der Waals surface area contributed by atoms with Gasteiger partial charge < -0.3 is 38.9 Å². The Bertz CT molecular complexity index is 6360. The van der Waals surface area contributed by atoms with Crippen molar-refractivity contribution in [2.24, 2.45) is 34.0 Å². The molecule has 8 aromatic carbocycles. The largest absolute Gasteiger partial charge is 0.492 e. The maximum Gasteiger partial charge on any atom is 0.401 e. The van der Waals surface area contributed by atoms with Crippen molar-refractivity contribution in [3.05, 3.63) is 260 Å². The fraction of sp³-hybridized carbons (Fsp3) is 0.521. The van der Waals surface area contributed by atoms with Gasteiger partial charge in [-0.1, -0.05) is 160 Å². The van der Waals surface area contributed by atoms with Crippen LogP contribution in [0.1, 0.15) is 227 Å². The van der Waals surface area contributed by atoms with Gasteiger partial charge in [0.15, 0.2) is 0 Å². The molecule has 1 saturated carbocycles. The van der Waals surface area contributed by atoms with Crippen molar-refractivity contribution in [2.75, 3.05) is 138 Å². The monoisotopic (exact) mass is 1990 g/mol. The molecule has 0 amide bonds. The molecule has 12 heterocycles. The predicted molar refractivity (Wildman–Crippen MR) is 551 cm³/mol. The first kappa shape index (κ1) is 104. The average molecular weight is 1990 g/mol. The zero-order valence-corrected chi connectivity index (χ0v) is 86.2. The maximum absolute atomic E-state index is 15.9. The number of hydrogen-bond donors (Lipinski definition) is 4. The predicted octanol–water partition coefficient (Wildman–Crippen LogP) is 25.2. The zero-order valence-electron chi connectivity index (χ0n) is 86.2. The van der Waals surface area contributed by atoms with Crippen LogP contribution in [-0.4, -0.2) is 233 Å². The molecule has 9 aliphatic rings. The molecule has 0 spiro atoms. The van der Waals surface area contributed by atoms with E-state index in [9.17, 15) is 22.0 Å². The molecule has 8 atom stereocenters. The normalized spacial score (nSPS) is 22.5. The van der Waals surface area contributed by atoms with Crippen LogP contribution in [0, 0.1) is 68.9 Å². The number of nitrogens with one attached hydrogen (secondary N) is 4. The topological polar surface area (TPSA) is 126 Å². The van der Waals surface area contributed by atoms with E-state index in [4.69, 9.17) is 18.9 Å². The van der Waals surface area contributed by atoms with Crippen LogP contribution < -0.4 is 18.9 Å². The molecule has 1 aliphatic carbocycles. The third kappa shape index (κ3) is 22.8. The molecule has 4 saturated heterocycles. The van der Waals surface area contributed by atoms with E-state index in [0.29, 0.717) is 62.3 Å². The third-order valence-corrected chi connectivity index (χ3v) is 32.2. The smallest absolute Gasteiger partial charge is 0.401 e. The van der Waals surface area contributed by atoms with E-state index >= 15 is 26.3 Å². The van der Waals surface area contributed by atoms with Crippen molar-refractivity contribution in [1.82, 2.24) is 59.1 Å². The van der Waals surface area contributed by atoms with Gasteiger partial charge in [0.05, 0.1) is 37.4 Å². The molecular formula is C117H145F11N12O4. The number of hydrogen-bond acceptors (Lipinski definition) is 12. The number of halogens is 11. The highest BCUT2D eigenvalue weighted by Gasteiger charge is 2.49. The molecule has 5 fully saturated rings. The minimum atomic E-state index is -4.53. The molecule has 4 aromatic heterocycles. The van der Waals surface area contributed by atoms with Gasteiger partial charge in [0.1, 0.15) is 90.0 Å². The third-order valence-electron chi connectivity index (χ3n) is 32.2. The Balaban J connectivity index is 0.000000126. The van der Waals surface area contributed by atoms with E-state index in [1.54, 1.807) is 6.92 Å². The van der Waals surface area contributed by atoms with Gasteiger partial charge in [-0.05, 0) is 179 Å². The molecule has 0 radical (unpaired) electrons. The Labute approximate surface area is 841 Å². The lowest BCUT2D eigenvalue weighted by Gasteiger charge is -2.49. The van der Waals surface area contributed by atoms with E-state index in [2.05, 4.69) is 179 Å². The van der Waals surface area contributed by atoms with E-state index < -0.39 is 83.0 Å². The fourth-order valence-electron chi connectivity index (χ4n) is 24.1.